The zero-order chi connectivity index (χ0) is 24.0. The van der Waals surface area contributed by atoms with E-state index in [1.165, 1.54) is 0 Å². The Kier molecular flexibility index (Phi) is 7.66. The third-order valence-electron chi connectivity index (χ3n) is 5.05. The molecule has 3 N–H and O–H groups in total. The maximum atomic E-state index is 12.7. The van der Waals surface area contributed by atoms with E-state index in [0.717, 1.165) is 49.6 Å². The van der Waals surface area contributed by atoms with Crippen molar-refractivity contribution in [1.29, 1.82) is 0 Å². The van der Waals surface area contributed by atoms with Crippen LogP contribution in [0.2, 0.25) is 0 Å². The molecule has 178 valence electrons. The standard InChI is InChI=1S/C18H23N7O.C2HF3O2/c1-23-16(13-24-7-3-19-4-8-24)15(12-22-23)18(26)21-11-14-2-6-25-9-5-20-17(25)10-14;3-2(4,5)1(6)7/h2,5-6,9-10,12,19H,3-4,7-8,11,13H2,1H3,(H,21,26);(H,6,7). The summed E-state index contributed by atoms with van der Waals surface area (Å²) in [4.78, 5) is 28.2. The number of imidazole rings is 1. The van der Waals surface area contributed by atoms with Gasteiger partial charge in [-0.25, -0.2) is 9.78 Å². The molecule has 33 heavy (non-hydrogen) atoms. The monoisotopic (exact) mass is 467 g/mol. The van der Waals surface area contributed by atoms with Crippen LogP contribution in [0.25, 0.3) is 5.65 Å². The summed E-state index contributed by atoms with van der Waals surface area (Å²) in [6.07, 6.45) is 2.18. The van der Waals surface area contributed by atoms with E-state index in [1.807, 2.05) is 36.0 Å². The second-order valence-corrected chi connectivity index (χ2v) is 7.37. The molecule has 13 heteroatoms. The van der Waals surface area contributed by atoms with Crippen molar-refractivity contribution in [2.75, 3.05) is 26.2 Å². The highest BCUT2D eigenvalue weighted by molar-refractivity contribution is 5.95. The van der Waals surface area contributed by atoms with E-state index in [2.05, 4.69) is 25.6 Å². The first-order valence-corrected chi connectivity index (χ1v) is 10.1. The highest BCUT2D eigenvalue weighted by Gasteiger charge is 2.38. The summed E-state index contributed by atoms with van der Waals surface area (Å²) in [5.41, 5.74) is 3.49. The van der Waals surface area contributed by atoms with Gasteiger partial charge in [-0.05, 0) is 17.7 Å². The molecule has 1 amide bonds. The number of aromatic nitrogens is 4. The van der Waals surface area contributed by atoms with E-state index < -0.39 is 12.1 Å². The summed E-state index contributed by atoms with van der Waals surface area (Å²) in [7, 11) is 1.89. The Morgan fingerprint density at radius 2 is 1.94 bits per heavy atom. The number of amides is 1. The van der Waals surface area contributed by atoms with Crippen LogP contribution in [0.15, 0.2) is 36.9 Å². The molecule has 0 unspecified atom stereocenters. The Balaban J connectivity index is 0.000000383. The molecule has 3 aromatic rings. The average molecular weight is 467 g/mol. The first-order chi connectivity index (χ1) is 15.6. The molecule has 1 aliphatic heterocycles. The average Bonchev–Trinajstić information content (AvgIpc) is 3.39. The second kappa shape index (κ2) is 10.4. The van der Waals surface area contributed by atoms with E-state index in [-0.39, 0.29) is 5.91 Å². The number of nitrogens with zero attached hydrogens (tertiary/aromatic N) is 5. The number of piperazine rings is 1. The number of nitrogens with one attached hydrogen (secondary N) is 2. The Bertz CT molecular complexity index is 1100. The maximum absolute atomic E-state index is 12.7. The van der Waals surface area contributed by atoms with E-state index in [4.69, 9.17) is 9.90 Å². The lowest BCUT2D eigenvalue weighted by molar-refractivity contribution is -0.192. The molecule has 1 saturated heterocycles. The van der Waals surface area contributed by atoms with Crippen molar-refractivity contribution < 1.29 is 27.9 Å². The first-order valence-electron chi connectivity index (χ1n) is 10.1. The van der Waals surface area contributed by atoms with Gasteiger partial charge < -0.3 is 20.1 Å². The summed E-state index contributed by atoms with van der Waals surface area (Å²) in [6.45, 7) is 5.13. The fourth-order valence-corrected chi connectivity index (χ4v) is 3.26. The fraction of sp³-hybridized carbons (Fsp3) is 0.400. The van der Waals surface area contributed by atoms with E-state index in [0.29, 0.717) is 12.1 Å². The number of carbonyl (C=O) groups is 2. The van der Waals surface area contributed by atoms with Gasteiger partial charge in [-0.2, -0.15) is 18.3 Å². The molecule has 4 rings (SSSR count). The van der Waals surface area contributed by atoms with Crippen LogP contribution in [0, 0.1) is 0 Å². The van der Waals surface area contributed by atoms with Crippen molar-refractivity contribution >= 4 is 17.5 Å². The number of carbonyl (C=O) groups excluding carboxylic acids is 1. The lowest BCUT2D eigenvalue weighted by atomic mass is 10.2. The molecule has 1 fully saturated rings. The van der Waals surface area contributed by atoms with Gasteiger partial charge in [0.1, 0.15) is 5.65 Å². The zero-order valence-electron chi connectivity index (χ0n) is 17.8. The summed E-state index contributed by atoms with van der Waals surface area (Å²) < 4.78 is 35.5. The van der Waals surface area contributed by atoms with Crippen molar-refractivity contribution in [3.63, 3.8) is 0 Å². The number of pyridine rings is 1. The second-order valence-electron chi connectivity index (χ2n) is 7.37. The van der Waals surface area contributed by atoms with Crippen LogP contribution < -0.4 is 10.6 Å². The normalized spacial score (nSPS) is 14.5. The molecule has 0 radical (unpaired) electrons. The zero-order valence-corrected chi connectivity index (χ0v) is 17.8. The molecule has 3 aromatic heterocycles. The van der Waals surface area contributed by atoms with Gasteiger partial charge in [-0.3, -0.25) is 14.4 Å². The van der Waals surface area contributed by atoms with Gasteiger partial charge in [0.15, 0.2) is 0 Å². The minimum absolute atomic E-state index is 0.0913. The smallest absolute Gasteiger partial charge is 0.475 e. The molecule has 0 bridgehead atoms. The third-order valence-corrected chi connectivity index (χ3v) is 5.05. The van der Waals surface area contributed by atoms with Gasteiger partial charge in [0.05, 0.1) is 17.5 Å². The van der Waals surface area contributed by atoms with Gasteiger partial charge >= 0.3 is 12.1 Å². The van der Waals surface area contributed by atoms with Crippen LogP contribution in [-0.4, -0.2) is 73.4 Å². The lowest BCUT2D eigenvalue weighted by Crippen LogP contribution is -2.43. The van der Waals surface area contributed by atoms with Gasteiger partial charge in [-0.15, -0.1) is 0 Å². The predicted octanol–water partition coefficient (Wildman–Crippen LogP) is 1.04. The number of aliphatic carboxylic acids is 1. The van der Waals surface area contributed by atoms with Crippen LogP contribution in [-0.2, 0) is 24.9 Å². The molecule has 1 aliphatic rings. The SMILES string of the molecule is Cn1ncc(C(=O)NCc2ccn3ccnc3c2)c1CN1CCNCC1.O=C(O)C(F)(F)F. The number of alkyl halides is 3. The summed E-state index contributed by atoms with van der Waals surface area (Å²) >= 11 is 0. The largest absolute Gasteiger partial charge is 0.490 e. The van der Waals surface area contributed by atoms with Gasteiger partial charge in [-0.1, -0.05) is 0 Å². The number of rotatable bonds is 5. The summed E-state index contributed by atoms with van der Waals surface area (Å²) in [5, 5.41) is 17.8. The summed E-state index contributed by atoms with van der Waals surface area (Å²) in [5.74, 6) is -2.85. The van der Waals surface area contributed by atoms with Crippen molar-refractivity contribution in [3.8, 4) is 0 Å². The quantitative estimate of drug-likeness (QED) is 0.513. The molecule has 0 atom stereocenters. The number of aryl methyl sites for hydroxylation is 1. The van der Waals surface area contributed by atoms with E-state index in [9.17, 15) is 18.0 Å². The van der Waals surface area contributed by atoms with Crippen LogP contribution in [0.3, 0.4) is 0 Å². The van der Waals surface area contributed by atoms with Gasteiger partial charge in [0, 0.05) is 64.9 Å². The minimum Gasteiger partial charge on any atom is -0.475 e. The molecule has 0 aliphatic carbocycles. The third kappa shape index (κ3) is 6.52. The van der Waals surface area contributed by atoms with E-state index >= 15 is 0 Å². The van der Waals surface area contributed by atoms with Gasteiger partial charge in [0.2, 0.25) is 0 Å². The molecule has 0 spiro atoms. The van der Waals surface area contributed by atoms with Crippen molar-refractivity contribution in [3.05, 3.63) is 53.7 Å². The molecular weight excluding hydrogens is 443 g/mol. The van der Waals surface area contributed by atoms with Crippen LogP contribution in [0.5, 0.6) is 0 Å². The Morgan fingerprint density at radius 1 is 1.24 bits per heavy atom. The Labute approximate surface area is 187 Å². The van der Waals surface area contributed by atoms with Crippen molar-refractivity contribution in [2.45, 2.75) is 19.3 Å². The van der Waals surface area contributed by atoms with Crippen molar-refractivity contribution in [1.82, 2.24) is 34.7 Å². The highest BCUT2D eigenvalue weighted by atomic mass is 19.4. The molecular formula is C20H24F3N7O3. The van der Waals surface area contributed by atoms with Crippen LogP contribution in [0.4, 0.5) is 13.2 Å². The first kappa shape index (κ1) is 24.2. The maximum Gasteiger partial charge on any atom is 0.490 e. The highest BCUT2D eigenvalue weighted by Crippen LogP contribution is 2.13. The number of carboxylic acid groups (broad SMARTS) is 1. The number of fused-ring (bicyclic) bond motifs is 1. The fourth-order valence-electron chi connectivity index (χ4n) is 3.26. The van der Waals surface area contributed by atoms with Crippen LogP contribution in [0.1, 0.15) is 21.6 Å². The van der Waals surface area contributed by atoms with Crippen LogP contribution >= 0.6 is 0 Å². The molecule has 0 saturated carbocycles. The topological polar surface area (TPSA) is 117 Å². The molecule has 10 nitrogen and oxygen atoms in total. The lowest BCUT2D eigenvalue weighted by Gasteiger charge is -2.27. The summed E-state index contributed by atoms with van der Waals surface area (Å²) in [6, 6.07) is 3.96. The minimum atomic E-state index is -5.08. The van der Waals surface area contributed by atoms with Crippen molar-refractivity contribution in [2.24, 2.45) is 7.05 Å². The number of halogens is 3. The number of carboxylic acids is 1. The molecule has 0 aromatic carbocycles. The Morgan fingerprint density at radius 3 is 2.61 bits per heavy atom. The predicted molar refractivity (Wildman–Crippen MR) is 111 cm³/mol. The number of hydrogen-bond acceptors (Lipinski definition) is 6. The van der Waals surface area contributed by atoms with Gasteiger partial charge in [0.25, 0.3) is 5.91 Å². The molecule has 4 heterocycles. The Hall–Kier alpha value is -3.45. The number of hydrogen-bond donors (Lipinski definition) is 3. The van der Waals surface area contributed by atoms with E-state index in [1.54, 1.807) is 17.1 Å².